The zero-order valence-electron chi connectivity index (χ0n) is 18.6. The van der Waals surface area contributed by atoms with E-state index >= 15 is 0 Å². The Labute approximate surface area is 191 Å². The molecule has 7 heteroatoms. The van der Waals surface area contributed by atoms with Gasteiger partial charge in [-0.15, -0.1) is 0 Å². The molecule has 2 heterocycles. The molecule has 0 bridgehead atoms. The highest BCUT2D eigenvalue weighted by molar-refractivity contribution is 6.51. The van der Waals surface area contributed by atoms with Crippen molar-refractivity contribution in [2.24, 2.45) is 0 Å². The molecule has 7 nitrogen and oxygen atoms in total. The predicted octanol–water partition coefficient (Wildman–Crippen LogP) is 4.43. The quantitative estimate of drug-likeness (QED) is 0.343. The van der Waals surface area contributed by atoms with Crippen molar-refractivity contribution >= 4 is 23.1 Å². The van der Waals surface area contributed by atoms with Crippen LogP contribution in [0.2, 0.25) is 0 Å². The lowest BCUT2D eigenvalue weighted by atomic mass is 9.95. The molecular weight excluding hydrogens is 420 g/mol. The van der Waals surface area contributed by atoms with Crippen molar-refractivity contribution in [2.75, 3.05) is 11.5 Å². The van der Waals surface area contributed by atoms with Crippen molar-refractivity contribution in [3.8, 4) is 11.5 Å². The lowest BCUT2D eigenvalue weighted by Crippen LogP contribution is -2.29. The van der Waals surface area contributed by atoms with E-state index in [0.717, 1.165) is 11.1 Å². The molecular formula is C26H24N2O5. The zero-order valence-corrected chi connectivity index (χ0v) is 18.6. The number of aromatic nitrogens is 1. The monoisotopic (exact) mass is 444 g/mol. The number of hydrogen-bond donors (Lipinski definition) is 2. The Morgan fingerprint density at radius 1 is 1.06 bits per heavy atom. The number of pyridine rings is 1. The van der Waals surface area contributed by atoms with E-state index in [1.54, 1.807) is 54.9 Å². The molecule has 2 N–H and O–H groups in total. The molecule has 1 amide bonds. The normalized spacial score (nSPS) is 17.4. The number of benzene rings is 2. The Morgan fingerprint density at radius 2 is 1.79 bits per heavy atom. The lowest BCUT2D eigenvalue weighted by Gasteiger charge is -2.26. The summed E-state index contributed by atoms with van der Waals surface area (Å²) in [5, 5.41) is 21.7. The van der Waals surface area contributed by atoms with Crippen LogP contribution in [0, 0.1) is 13.8 Å². The number of aryl methyl sites for hydroxylation is 2. The van der Waals surface area contributed by atoms with Gasteiger partial charge in [-0.1, -0.05) is 6.07 Å². The van der Waals surface area contributed by atoms with Gasteiger partial charge in [0, 0.05) is 18.0 Å². The number of anilines is 1. The molecule has 0 radical (unpaired) electrons. The van der Waals surface area contributed by atoms with Crippen molar-refractivity contribution in [3.05, 3.63) is 88.8 Å². The predicted molar refractivity (Wildman–Crippen MR) is 124 cm³/mol. The third-order valence-corrected chi connectivity index (χ3v) is 5.60. The van der Waals surface area contributed by atoms with E-state index in [2.05, 4.69) is 4.98 Å². The number of carbonyl (C=O) groups excluding carboxylic acids is 2. The van der Waals surface area contributed by atoms with Gasteiger partial charge in [-0.2, -0.15) is 0 Å². The van der Waals surface area contributed by atoms with Gasteiger partial charge >= 0.3 is 0 Å². The Kier molecular flexibility index (Phi) is 5.87. The molecule has 33 heavy (non-hydrogen) atoms. The fourth-order valence-electron chi connectivity index (χ4n) is 4.04. The van der Waals surface area contributed by atoms with E-state index in [1.807, 2.05) is 20.8 Å². The van der Waals surface area contributed by atoms with Crippen LogP contribution in [0.3, 0.4) is 0 Å². The number of phenols is 1. The summed E-state index contributed by atoms with van der Waals surface area (Å²) in [5.74, 6) is -1.43. The fraction of sp³-hybridized carbons (Fsp3) is 0.192. The van der Waals surface area contributed by atoms with Crippen LogP contribution in [0.15, 0.2) is 66.5 Å². The molecule has 1 saturated heterocycles. The highest BCUT2D eigenvalue weighted by Crippen LogP contribution is 2.45. The van der Waals surface area contributed by atoms with Gasteiger partial charge in [0.25, 0.3) is 11.7 Å². The van der Waals surface area contributed by atoms with Crippen LogP contribution in [0.5, 0.6) is 11.5 Å². The first-order valence-electron chi connectivity index (χ1n) is 10.6. The SMILES string of the molecule is CCOc1ccc(/C(O)=C2/C(=O)C(=O)N(c3cc(C)ccc3O)C2c2ccncc2)cc1C. The van der Waals surface area contributed by atoms with Gasteiger partial charge in [0.15, 0.2) is 0 Å². The number of Topliss-reactive ketones (excluding diaryl/α,β-unsaturated/α-hetero) is 1. The summed E-state index contributed by atoms with van der Waals surface area (Å²) in [4.78, 5) is 31.6. The number of carbonyl (C=O) groups is 2. The highest BCUT2D eigenvalue weighted by Gasteiger charge is 2.47. The molecule has 168 valence electrons. The minimum Gasteiger partial charge on any atom is -0.507 e. The lowest BCUT2D eigenvalue weighted by molar-refractivity contribution is -0.132. The topological polar surface area (TPSA) is 100.0 Å². The second-order valence-electron chi connectivity index (χ2n) is 7.86. The molecule has 0 saturated carbocycles. The fourth-order valence-corrected chi connectivity index (χ4v) is 4.04. The first-order valence-corrected chi connectivity index (χ1v) is 10.6. The summed E-state index contributed by atoms with van der Waals surface area (Å²) in [6, 6.07) is 12.3. The average molecular weight is 444 g/mol. The molecule has 1 unspecified atom stereocenters. The maximum Gasteiger partial charge on any atom is 0.300 e. The van der Waals surface area contributed by atoms with Crippen molar-refractivity contribution in [1.29, 1.82) is 0 Å². The van der Waals surface area contributed by atoms with Gasteiger partial charge in [0.1, 0.15) is 17.3 Å². The summed E-state index contributed by atoms with van der Waals surface area (Å²) in [5.41, 5.74) is 2.69. The number of aliphatic hydroxyl groups excluding tert-OH is 1. The Hall–Kier alpha value is -4.13. The number of rotatable bonds is 5. The molecule has 1 aliphatic heterocycles. The third-order valence-electron chi connectivity index (χ3n) is 5.60. The summed E-state index contributed by atoms with van der Waals surface area (Å²) in [6.45, 7) is 6.04. The smallest absolute Gasteiger partial charge is 0.300 e. The number of aromatic hydroxyl groups is 1. The van der Waals surface area contributed by atoms with Gasteiger partial charge in [0.2, 0.25) is 0 Å². The Morgan fingerprint density at radius 3 is 2.45 bits per heavy atom. The number of phenolic OH excluding ortho intramolecular Hbond substituents is 1. The standard InChI is InChI=1S/C26H24N2O5/c1-4-33-21-8-6-18(14-16(21)3)24(30)22-23(17-9-11-27-12-10-17)28(26(32)25(22)31)19-13-15(2)5-7-20(19)29/h5-14,23,29-30H,4H2,1-3H3/b24-22-. The first kappa shape index (κ1) is 22.1. The minimum absolute atomic E-state index is 0.0596. The summed E-state index contributed by atoms with van der Waals surface area (Å²) >= 11 is 0. The minimum atomic E-state index is -0.937. The van der Waals surface area contributed by atoms with Crippen molar-refractivity contribution in [1.82, 2.24) is 4.98 Å². The van der Waals surface area contributed by atoms with Crippen LogP contribution >= 0.6 is 0 Å². The maximum absolute atomic E-state index is 13.2. The van der Waals surface area contributed by atoms with Gasteiger partial charge in [-0.25, -0.2) is 0 Å². The largest absolute Gasteiger partial charge is 0.507 e. The van der Waals surface area contributed by atoms with Crippen LogP contribution in [-0.2, 0) is 9.59 Å². The van der Waals surface area contributed by atoms with Crippen molar-refractivity contribution < 1.29 is 24.5 Å². The van der Waals surface area contributed by atoms with Crippen LogP contribution < -0.4 is 9.64 Å². The van der Waals surface area contributed by atoms with Crippen molar-refractivity contribution in [3.63, 3.8) is 0 Å². The van der Waals surface area contributed by atoms with Crippen molar-refractivity contribution in [2.45, 2.75) is 26.8 Å². The number of amides is 1. The second-order valence-corrected chi connectivity index (χ2v) is 7.86. The summed E-state index contributed by atoms with van der Waals surface area (Å²) in [7, 11) is 0. The van der Waals surface area contributed by atoms with Gasteiger partial charge in [-0.3, -0.25) is 19.5 Å². The van der Waals surface area contributed by atoms with Crippen LogP contribution in [0.1, 0.15) is 35.2 Å². The first-order chi connectivity index (χ1) is 15.8. The van der Waals surface area contributed by atoms with E-state index in [1.165, 1.54) is 11.0 Å². The van der Waals surface area contributed by atoms with Gasteiger partial charge in [-0.05, 0) is 79.9 Å². The maximum atomic E-state index is 13.2. The molecule has 1 aliphatic rings. The van der Waals surface area contributed by atoms with Gasteiger partial charge < -0.3 is 14.9 Å². The van der Waals surface area contributed by atoms with Crippen LogP contribution in [0.25, 0.3) is 5.76 Å². The molecule has 1 aromatic heterocycles. The molecule has 2 aromatic carbocycles. The van der Waals surface area contributed by atoms with E-state index in [0.29, 0.717) is 23.5 Å². The molecule has 1 fully saturated rings. The molecule has 4 rings (SSSR count). The third kappa shape index (κ3) is 3.93. The van der Waals surface area contributed by atoms with Gasteiger partial charge in [0.05, 0.1) is 23.9 Å². The number of ether oxygens (including phenoxy) is 1. The van der Waals surface area contributed by atoms with Crippen LogP contribution in [-0.4, -0.2) is 33.5 Å². The molecule has 1 atom stereocenters. The van der Waals surface area contributed by atoms with E-state index < -0.39 is 17.7 Å². The molecule has 0 aliphatic carbocycles. The number of ketones is 1. The average Bonchev–Trinajstić information content (AvgIpc) is 3.07. The van der Waals surface area contributed by atoms with E-state index in [4.69, 9.17) is 4.74 Å². The number of hydrogen-bond acceptors (Lipinski definition) is 6. The number of aliphatic hydroxyl groups is 1. The van der Waals surface area contributed by atoms with Crippen LogP contribution in [0.4, 0.5) is 5.69 Å². The summed E-state index contributed by atoms with van der Waals surface area (Å²) < 4.78 is 5.56. The highest BCUT2D eigenvalue weighted by atomic mass is 16.5. The Balaban J connectivity index is 1.93. The molecule has 0 spiro atoms. The Bertz CT molecular complexity index is 1270. The zero-order chi connectivity index (χ0) is 23.7. The van der Waals surface area contributed by atoms with E-state index in [-0.39, 0.29) is 22.8 Å². The summed E-state index contributed by atoms with van der Waals surface area (Å²) in [6.07, 6.45) is 3.10. The van der Waals surface area contributed by atoms with E-state index in [9.17, 15) is 19.8 Å². The number of nitrogens with zero attached hydrogens (tertiary/aromatic N) is 2. The second kappa shape index (κ2) is 8.78. The molecule has 3 aromatic rings.